The van der Waals surface area contributed by atoms with Crippen LogP contribution in [0, 0.1) is 13.8 Å². The predicted octanol–water partition coefficient (Wildman–Crippen LogP) is 3.32. The number of aromatic nitrogens is 1. The molecule has 16 heavy (non-hydrogen) atoms. The number of nitrogens with zero attached hydrogens (tertiary/aromatic N) is 1. The minimum absolute atomic E-state index is 0.250. The standard InChI is InChI=1S/C14H22N2/c1-6-7-15-14(10(2)3)13-8-11(4)16-12(5)9-13/h8-9,14-15H,2,6-7H2,1,3-5H3. The topological polar surface area (TPSA) is 24.9 Å². The van der Waals surface area contributed by atoms with Crippen molar-refractivity contribution < 1.29 is 0 Å². The van der Waals surface area contributed by atoms with Crippen molar-refractivity contribution in [3.8, 4) is 0 Å². The van der Waals surface area contributed by atoms with E-state index in [1.54, 1.807) is 0 Å². The summed E-state index contributed by atoms with van der Waals surface area (Å²) in [5, 5.41) is 3.51. The quantitative estimate of drug-likeness (QED) is 0.767. The average Bonchev–Trinajstić information content (AvgIpc) is 2.16. The predicted molar refractivity (Wildman–Crippen MR) is 69.6 cm³/mol. The van der Waals surface area contributed by atoms with E-state index in [0.717, 1.165) is 29.9 Å². The summed E-state index contributed by atoms with van der Waals surface area (Å²) in [6, 6.07) is 4.52. The number of hydrogen-bond donors (Lipinski definition) is 1. The van der Waals surface area contributed by atoms with Gasteiger partial charge in [-0.1, -0.05) is 19.1 Å². The normalized spacial score (nSPS) is 12.5. The highest BCUT2D eigenvalue weighted by Gasteiger charge is 2.12. The van der Waals surface area contributed by atoms with Crippen molar-refractivity contribution >= 4 is 0 Å². The first-order valence-electron chi connectivity index (χ1n) is 5.88. The molecule has 1 unspecified atom stereocenters. The van der Waals surface area contributed by atoms with Gasteiger partial charge in [-0.25, -0.2) is 0 Å². The minimum atomic E-state index is 0.250. The Balaban J connectivity index is 2.96. The molecule has 0 aliphatic heterocycles. The van der Waals surface area contributed by atoms with Gasteiger partial charge in [-0.05, 0) is 51.4 Å². The molecule has 1 aromatic heterocycles. The minimum Gasteiger partial charge on any atom is -0.307 e. The van der Waals surface area contributed by atoms with Crippen LogP contribution in [-0.2, 0) is 0 Å². The highest BCUT2D eigenvalue weighted by atomic mass is 14.9. The Morgan fingerprint density at radius 3 is 2.38 bits per heavy atom. The Bertz CT molecular complexity index is 349. The number of hydrogen-bond acceptors (Lipinski definition) is 2. The molecule has 0 saturated carbocycles. The van der Waals surface area contributed by atoms with Crippen LogP contribution < -0.4 is 5.32 Å². The summed E-state index contributed by atoms with van der Waals surface area (Å²) in [7, 11) is 0. The fraction of sp³-hybridized carbons (Fsp3) is 0.500. The van der Waals surface area contributed by atoms with E-state index in [0.29, 0.717) is 0 Å². The molecule has 0 spiro atoms. The van der Waals surface area contributed by atoms with Crippen molar-refractivity contribution in [1.29, 1.82) is 0 Å². The maximum absolute atomic E-state index is 4.40. The summed E-state index contributed by atoms with van der Waals surface area (Å²) < 4.78 is 0. The maximum atomic E-state index is 4.40. The smallest absolute Gasteiger partial charge is 0.0532 e. The second-order valence-corrected chi connectivity index (χ2v) is 4.42. The Hall–Kier alpha value is -1.15. The molecule has 0 fully saturated rings. The van der Waals surface area contributed by atoms with Gasteiger partial charge in [0, 0.05) is 11.4 Å². The van der Waals surface area contributed by atoms with Crippen LogP contribution >= 0.6 is 0 Å². The number of nitrogens with one attached hydrogen (secondary N) is 1. The van der Waals surface area contributed by atoms with E-state index in [-0.39, 0.29) is 6.04 Å². The third-order valence-corrected chi connectivity index (χ3v) is 2.53. The fourth-order valence-corrected chi connectivity index (χ4v) is 1.90. The lowest BCUT2D eigenvalue weighted by molar-refractivity contribution is 0.589. The molecule has 0 amide bonds. The summed E-state index contributed by atoms with van der Waals surface area (Å²) in [5.74, 6) is 0. The lowest BCUT2D eigenvalue weighted by atomic mass is 10.0. The van der Waals surface area contributed by atoms with E-state index < -0.39 is 0 Å². The van der Waals surface area contributed by atoms with Crippen LogP contribution in [-0.4, -0.2) is 11.5 Å². The Morgan fingerprint density at radius 1 is 1.38 bits per heavy atom. The van der Waals surface area contributed by atoms with E-state index in [1.165, 1.54) is 5.56 Å². The number of aryl methyl sites for hydroxylation is 2. The van der Waals surface area contributed by atoms with Crippen molar-refractivity contribution in [2.75, 3.05) is 6.54 Å². The summed E-state index contributed by atoms with van der Waals surface area (Å²) in [6.07, 6.45) is 1.13. The summed E-state index contributed by atoms with van der Waals surface area (Å²) in [5.41, 5.74) is 4.56. The van der Waals surface area contributed by atoms with E-state index in [2.05, 4.69) is 42.9 Å². The Kier molecular flexibility index (Phi) is 4.69. The molecule has 0 aromatic carbocycles. The van der Waals surface area contributed by atoms with Crippen LogP contribution in [0.25, 0.3) is 0 Å². The first-order valence-corrected chi connectivity index (χ1v) is 5.88. The van der Waals surface area contributed by atoms with Gasteiger partial charge in [-0.15, -0.1) is 0 Å². The maximum Gasteiger partial charge on any atom is 0.0532 e. The van der Waals surface area contributed by atoms with Crippen molar-refractivity contribution in [2.45, 2.75) is 40.2 Å². The third kappa shape index (κ3) is 3.46. The fourth-order valence-electron chi connectivity index (χ4n) is 1.90. The van der Waals surface area contributed by atoms with Crippen molar-refractivity contribution in [1.82, 2.24) is 10.3 Å². The second kappa shape index (κ2) is 5.80. The highest BCUT2D eigenvalue weighted by molar-refractivity contribution is 5.29. The van der Waals surface area contributed by atoms with Gasteiger partial charge in [0.2, 0.25) is 0 Å². The molecule has 1 aromatic rings. The lowest BCUT2D eigenvalue weighted by Gasteiger charge is -2.20. The van der Waals surface area contributed by atoms with Gasteiger partial charge >= 0.3 is 0 Å². The molecule has 0 aliphatic carbocycles. The van der Waals surface area contributed by atoms with E-state index in [4.69, 9.17) is 0 Å². The van der Waals surface area contributed by atoms with Crippen molar-refractivity contribution in [2.24, 2.45) is 0 Å². The van der Waals surface area contributed by atoms with Crippen molar-refractivity contribution in [3.05, 3.63) is 41.2 Å². The Morgan fingerprint density at radius 2 is 1.94 bits per heavy atom. The largest absolute Gasteiger partial charge is 0.307 e. The van der Waals surface area contributed by atoms with Gasteiger partial charge in [0.25, 0.3) is 0 Å². The molecular weight excluding hydrogens is 196 g/mol. The molecule has 0 bridgehead atoms. The molecule has 1 atom stereocenters. The first kappa shape index (κ1) is 12.9. The number of pyridine rings is 1. The molecular formula is C14H22N2. The van der Waals surface area contributed by atoms with Crippen LogP contribution in [0.5, 0.6) is 0 Å². The van der Waals surface area contributed by atoms with E-state index >= 15 is 0 Å². The van der Waals surface area contributed by atoms with Gasteiger partial charge in [-0.3, -0.25) is 4.98 Å². The molecule has 88 valence electrons. The molecule has 1 N–H and O–H groups in total. The van der Waals surface area contributed by atoms with E-state index in [9.17, 15) is 0 Å². The summed E-state index contributed by atoms with van der Waals surface area (Å²) >= 11 is 0. The molecule has 2 nitrogen and oxygen atoms in total. The summed E-state index contributed by atoms with van der Waals surface area (Å²) in [6.45, 7) is 13.4. The molecule has 1 heterocycles. The molecule has 0 saturated heterocycles. The molecule has 1 rings (SSSR count). The third-order valence-electron chi connectivity index (χ3n) is 2.53. The van der Waals surface area contributed by atoms with Crippen LogP contribution in [0.3, 0.4) is 0 Å². The van der Waals surface area contributed by atoms with E-state index in [1.807, 2.05) is 13.8 Å². The summed E-state index contributed by atoms with van der Waals surface area (Å²) in [4.78, 5) is 4.40. The van der Waals surface area contributed by atoms with Crippen molar-refractivity contribution in [3.63, 3.8) is 0 Å². The SMILES string of the molecule is C=C(C)C(NCCC)c1cc(C)nc(C)c1. The zero-order valence-corrected chi connectivity index (χ0v) is 10.8. The van der Waals surface area contributed by atoms with Crippen LogP contribution in [0.15, 0.2) is 24.3 Å². The molecule has 2 heteroatoms. The van der Waals surface area contributed by atoms with Crippen LogP contribution in [0.2, 0.25) is 0 Å². The highest BCUT2D eigenvalue weighted by Crippen LogP contribution is 2.21. The van der Waals surface area contributed by atoms with Gasteiger partial charge in [0.05, 0.1) is 6.04 Å². The van der Waals surface area contributed by atoms with Gasteiger partial charge in [0.1, 0.15) is 0 Å². The second-order valence-electron chi connectivity index (χ2n) is 4.42. The van der Waals surface area contributed by atoms with Gasteiger partial charge in [-0.2, -0.15) is 0 Å². The lowest BCUT2D eigenvalue weighted by Crippen LogP contribution is -2.23. The average molecular weight is 218 g/mol. The Labute approximate surface area is 98.8 Å². The van der Waals surface area contributed by atoms with Gasteiger partial charge in [0.15, 0.2) is 0 Å². The molecule has 0 radical (unpaired) electrons. The number of rotatable bonds is 5. The first-order chi connectivity index (χ1) is 7.54. The van der Waals surface area contributed by atoms with Crippen LogP contribution in [0.1, 0.15) is 43.3 Å². The molecule has 0 aliphatic rings. The van der Waals surface area contributed by atoms with Crippen LogP contribution in [0.4, 0.5) is 0 Å². The monoisotopic (exact) mass is 218 g/mol. The van der Waals surface area contributed by atoms with Gasteiger partial charge < -0.3 is 5.32 Å². The zero-order valence-electron chi connectivity index (χ0n) is 10.8. The zero-order chi connectivity index (χ0) is 12.1.